The lowest BCUT2D eigenvalue weighted by molar-refractivity contribution is -0.132. The number of piperidine rings is 1. The molecule has 1 amide bonds. The zero-order valence-corrected chi connectivity index (χ0v) is 10.8. The van der Waals surface area contributed by atoms with Crippen LogP contribution in [0.4, 0.5) is 0 Å². The molecule has 1 saturated heterocycles. The minimum absolute atomic E-state index is 0.270. The summed E-state index contributed by atoms with van der Waals surface area (Å²) in [4.78, 5) is 18.3. The van der Waals surface area contributed by atoms with Gasteiger partial charge >= 0.3 is 0 Å². The summed E-state index contributed by atoms with van der Waals surface area (Å²) >= 11 is 1.58. The van der Waals surface area contributed by atoms with E-state index >= 15 is 0 Å². The summed E-state index contributed by atoms with van der Waals surface area (Å²) in [6.45, 7) is 2.36. The van der Waals surface area contributed by atoms with Gasteiger partial charge < -0.3 is 10.6 Å². The molecule has 0 aliphatic carbocycles. The summed E-state index contributed by atoms with van der Waals surface area (Å²) in [5, 5.41) is 2.96. The predicted molar refractivity (Wildman–Crippen MR) is 68.8 cm³/mol. The van der Waals surface area contributed by atoms with Crippen LogP contribution >= 0.6 is 11.3 Å². The Morgan fingerprint density at radius 3 is 2.82 bits per heavy atom. The van der Waals surface area contributed by atoms with Crippen molar-refractivity contribution in [3.63, 3.8) is 0 Å². The number of thiazole rings is 1. The maximum absolute atomic E-state index is 11.9. The summed E-state index contributed by atoms with van der Waals surface area (Å²) in [5.74, 6) is 0.270. The van der Waals surface area contributed by atoms with Crippen LogP contribution < -0.4 is 5.73 Å². The van der Waals surface area contributed by atoms with E-state index in [4.69, 9.17) is 5.73 Å². The molecule has 0 unspecified atom stereocenters. The largest absolute Gasteiger partial charge is 0.343 e. The van der Waals surface area contributed by atoms with E-state index in [9.17, 15) is 4.79 Å². The van der Waals surface area contributed by atoms with E-state index in [-0.39, 0.29) is 5.91 Å². The number of carbonyl (C=O) groups excluding carboxylic acids is 1. The van der Waals surface area contributed by atoms with Gasteiger partial charge in [-0.3, -0.25) is 4.79 Å². The molecule has 1 aromatic heterocycles. The first kappa shape index (κ1) is 12.5. The van der Waals surface area contributed by atoms with Crippen LogP contribution in [0.2, 0.25) is 0 Å². The smallest absolute Gasteiger partial charge is 0.222 e. The summed E-state index contributed by atoms with van der Waals surface area (Å²) in [7, 11) is 0. The SMILES string of the molecule is NCc1nc(CCC(=O)N2CCCCC2)cs1. The Morgan fingerprint density at radius 1 is 1.41 bits per heavy atom. The normalized spacial score (nSPS) is 16.2. The fourth-order valence-corrected chi connectivity index (χ4v) is 2.80. The average Bonchev–Trinajstić information content (AvgIpc) is 2.85. The molecule has 4 nitrogen and oxygen atoms in total. The first-order valence-corrected chi connectivity index (χ1v) is 7.08. The van der Waals surface area contributed by atoms with E-state index in [1.165, 1.54) is 6.42 Å². The van der Waals surface area contributed by atoms with E-state index in [0.717, 1.165) is 43.1 Å². The molecule has 5 heteroatoms. The van der Waals surface area contributed by atoms with Gasteiger partial charge in [-0.15, -0.1) is 11.3 Å². The third-order valence-electron chi connectivity index (χ3n) is 3.08. The molecule has 17 heavy (non-hydrogen) atoms. The summed E-state index contributed by atoms with van der Waals surface area (Å²) in [6.07, 6.45) is 4.88. The third kappa shape index (κ3) is 3.51. The number of carbonyl (C=O) groups is 1. The quantitative estimate of drug-likeness (QED) is 0.885. The number of aryl methyl sites for hydroxylation is 1. The van der Waals surface area contributed by atoms with Gasteiger partial charge in [0.15, 0.2) is 0 Å². The van der Waals surface area contributed by atoms with Gasteiger partial charge in [0.2, 0.25) is 5.91 Å². The second kappa shape index (κ2) is 6.12. The molecular weight excluding hydrogens is 234 g/mol. The van der Waals surface area contributed by atoms with Gasteiger partial charge in [0.05, 0.1) is 5.69 Å². The molecule has 1 fully saturated rings. The molecule has 0 aromatic carbocycles. The molecule has 1 aliphatic rings. The van der Waals surface area contributed by atoms with Crippen molar-refractivity contribution in [2.45, 2.75) is 38.6 Å². The summed E-state index contributed by atoms with van der Waals surface area (Å²) in [5.41, 5.74) is 6.51. The molecular formula is C12H19N3OS. The van der Waals surface area contributed by atoms with Gasteiger partial charge in [0.1, 0.15) is 5.01 Å². The van der Waals surface area contributed by atoms with E-state index in [1.807, 2.05) is 10.3 Å². The monoisotopic (exact) mass is 253 g/mol. The highest BCUT2D eigenvalue weighted by Gasteiger charge is 2.16. The number of hydrogen-bond donors (Lipinski definition) is 1. The van der Waals surface area contributed by atoms with Gasteiger partial charge in [0, 0.05) is 31.4 Å². The number of nitrogens with zero attached hydrogens (tertiary/aromatic N) is 2. The van der Waals surface area contributed by atoms with E-state index < -0.39 is 0 Å². The van der Waals surface area contributed by atoms with Crippen molar-refractivity contribution in [2.24, 2.45) is 5.73 Å². The molecule has 1 aromatic rings. The number of amides is 1. The lowest BCUT2D eigenvalue weighted by atomic mass is 10.1. The van der Waals surface area contributed by atoms with Gasteiger partial charge in [-0.05, 0) is 25.7 Å². The first-order valence-electron chi connectivity index (χ1n) is 6.20. The Hall–Kier alpha value is -0.940. The highest BCUT2D eigenvalue weighted by molar-refractivity contribution is 7.09. The predicted octanol–water partition coefficient (Wildman–Crippen LogP) is 1.55. The highest BCUT2D eigenvalue weighted by Crippen LogP contribution is 2.13. The van der Waals surface area contributed by atoms with Gasteiger partial charge in [-0.1, -0.05) is 0 Å². The molecule has 2 rings (SSSR count). The van der Waals surface area contributed by atoms with Crippen molar-refractivity contribution in [1.82, 2.24) is 9.88 Å². The van der Waals surface area contributed by atoms with E-state index in [0.29, 0.717) is 13.0 Å². The van der Waals surface area contributed by atoms with Crippen molar-refractivity contribution in [3.05, 3.63) is 16.1 Å². The van der Waals surface area contributed by atoms with Crippen LogP contribution in [0.15, 0.2) is 5.38 Å². The van der Waals surface area contributed by atoms with Crippen LogP contribution in [0.3, 0.4) is 0 Å². The second-order valence-electron chi connectivity index (χ2n) is 4.38. The summed E-state index contributed by atoms with van der Waals surface area (Å²) in [6, 6.07) is 0. The number of nitrogens with two attached hydrogens (primary N) is 1. The number of rotatable bonds is 4. The van der Waals surface area contributed by atoms with Gasteiger partial charge in [-0.25, -0.2) is 4.98 Å². The number of aromatic nitrogens is 1. The molecule has 0 bridgehead atoms. The lowest BCUT2D eigenvalue weighted by Crippen LogP contribution is -2.35. The molecule has 0 spiro atoms. The molecule has 94 valence electrons. The summed E-state index contributed by atoms with van der Waals surface area (Å²) < 4.78 is 0. The van der Waals surface area contributed by atoms with Gasteiger partial charge in [0.25, 0.3) is 0 Å². The Morgan fingerprint density at radius 2 is 2.18 bits per heavy atom. The molecule has 2 N–H and O–H groups in total. The second-order valence-corrected chi connectivity index (χ2v) is 5.32. The van der Waals surface area contributed by atoms with E-state index in [2.05, 4.69) is 4.98 Å². The number of hydrogen-bond acceptors (Lipinski definition) is 4. The Balaban J connectivity index is 1.78. The van der Waals surface area contributed by atoms with Crippen molar-refractivity contribution in [3.8, 4) is 0 Å². The maximum atomic E-state index is 11.9. The van der Waals surface area contributed by atoms with Crippen LogP contribution in [0, 0.1) is 0 Å². The fraction of sp³-hybridized carbons (Fsp3) is 0.667. The molecule has 0 saturated carbocycles. The Bertz CT molecular complexity index is 372. The molecule has 0 atom stereocenters. The number of likely N-dealkylation sites (tertiary alicyclic amines) is 1. The van der Waals surface area contributed by atoms with E-state index in [1.54, 1.807) is 11.3 Å². The molecule has 0 radical (unpaired) electrons. The zero-order chi connectivity index (χ0) is 12.1. The Kier molecular flexibility index (Phi) is 4.50. The van der Waals surface area contributed by atoms with Gasteiger partial charge in [-0.2, -0.15) is 0 Å². The fourth-order valence-electron chi connectivity index (χ4n) is 2.09. The first-order chi connectivity index (χ1) is 8.29. The molecule has 1 aliphatic heterocycles. The van der Waals surface area contributed by atoms with Crippen molar-refractivity contribution >= 4 is 17.2 Å². The van der Waals surface area contributed by atoms with Crippen LogP contribution in [-0.4, -0.2) is 28.9 Å². The van der Waals surface area contributed by atoms with Crippen molar-refractivity contribution in [1.29, 1.82) is 0 Å². The Labute approximate surface area is 106 Å². The van der Waals surface area contributed by atoms with Crippen molar-refractivity contribution in [2.75, 3.05) is 13.1 Å². The van der Waals surface area contributed by atoms with Crippen molar-refractivity contribution < 1.29 is 4.79 Å². The lowest BCUT2D eigenvalue weighted by Gasteiger charge is -2.26. The van der Waals surface area contributed by atoms with Crippen LogP contribution in [-0.2, 0) is 17.8 Å². The van der Waals surface area contributed by atoms with Crippen LogP contribution in [0.25, 0.3) is 0 Å². The molecule has 2 heterocycles. The minimum Gasteiger partial charge on any atom is -0.343 e. The highest BCUT2D eigenvalue weighted by atomic mass is 32.1. The third-order valence-corrected chi connectivity index (χ3v) is 4.00. The van der Waals surface area contributed by atoms with Crippen LogP contribution in [0.5, 0.6) is 0 Å². The van der Waals surface area contributed by atoms with Crippen LogP contribution in [0.1, 0.15) is 36.4 Å². The minimum atomic E-state index is 0.270. The topological polar surface area (TPSA) is 59.2 Å². The maximum Gasteiger partial charge on any atom is 0.222 e. The zero-order valence-electron chi connectivity index (χ0n) is 10.0. The average molecular weight is 253 g/mol. The standard InChI is InChI=1S/C12H19N3OS/c13-8-11-14-10(9-17-11)4-5-12(16)15-6-2-1-3-7-15/h9H,1-8,13H2.